The SMILES string of the molecule is C=CC(=O)C=CC1([SiH3])CCCCO1. The third kappa shape index (κ3) is 3.28. The number of ketones is 1. The molecule has 1 aliphatic heterocycles. The molecule has 0 aromatic heterocycles. The quantitative estimate of drug-likeness (QED) is 0.487. The molecule has 1 atom stereocenters. The van der Waals surface area contributed by atoms with Crippen molar-refractivity contribution in [2.24, 2.45) is 0 Å². The maximum Gasteiger partial charge on any atom is 0.177 e. The van der Waals surface area contributed by atoms with Gasteiger partial charge in [-0.2, -0.15) is 0 Å². The van der Waals surface area contributed by atoms with Crippen LogP contribution >= 0.6 is 0 Å². The molecule has 0 aliphatic carbocycles. The predicted octanol–water partition coefficient (Wildman–Crippen LogP) is 0.560. The molecule has 1 heterocycles. The van der Waals surface area contributed by atoms with Crippen LogP contribution in [0.2, 0.25) is 0 Å². The van der Waals surface area contributed by atoms with Crippen molar-refractivity contribution >= 4 is 16.0 Å². The zero-order chi connectivity index (χ0) is 9.73. The highest BCUT2D eigenvalue weighted by molar-refractivity contribution is 6.16. The number of ether oxygens (including phenoxy) is 1. The molecular weight excluding hydrogens is 180 g/mol. The van der Waals surface area contributed by atoms with Crippen molar-refractivity contribution in [3.8, 4) is 0 Å². The lowest BCUT2D eigenvalue weighted by Crippen LogP contribution is -2.34. The molecule has 0 aromatic rings. The third-order valence-corrected chi connectivity index (χ3v) is 3.42. The van der Waals surface area contributed by atoms with Gasteiger partial charge in [0, 0.05) is 16.8 Å². The summed E-state index contributed by atoms with van der Waals surface area (Å²) in [7, 11) is 0.942. The summed E-state index contributed by atoms with van der Waals surface area (Å²) in [5.74, 6) is -0.0376. The van der Waals surface area contributed by atoms with E-state index in [-0.39, 0.29) is 11.0 Å². The van der Waals surface area contributed by atoms with E-state index < -0.39 is 0 Å². The van der Waals surface area contributed by atoms with Crippen molar-refractivity contribution in [1.82, 2.24) is 0 Å². The maximum atomic E-state index is 11.0. The van der Waals surface area contributed by atoms with Crippen LogP contribution in [-0.4, -0.2) is 27.9 Å². The molecule has 13 heavy (non-hydrogen) atoms. The molecule has 0 radical (unpaired) electrons. The average molecular weight is 196 g/mol. The Morgan fingerprint density at radius 1 is 1.54 bits per heavy atom. The zero-order valence-electron chi connectivity index (χ0n) is 8.08. The average Bonchev–Trinajstić information content (AvgIpc) is 2.15. The Kier molecular flexibility index (Phi) is 3.63. The summed E-state index contributed by atoms with van der Waals surface area (Å²) >= 11 is 0. The normalized spacial score (nSPS) is 29.2. The topological polar surface area (TPSA) is 26.3 Å². The molecule has 1 aliphatic rings. The van der Waals surface area contributed by atoms with Gasteiger partial charge in [0.05, 0.1) is 5.22 Å². The fourth-order valence-electron chi connectivity index (χ4n) is 1.41. The van der Waals surface area contributed by atoms with E-state index in [9.17, 15) is 4.79 Å². The van der Waals surface area contributed by atoms with E-state index in [1.807, 2.05) is 6.08 Å². The Hall–Kier alpha value is -0.673. The van der Waals surface area contributed by atoms with Crippen molar-refractivity contribution < 1.29 is 9.53 Å². The van der Waals surface area contributed by atoms with Gasteiger partial charge < -0.3 is 4.74 Å². The van der Waals surface area contributed by atoms with Crippen LogP contribution in [0.3, 0.4) is 0 Å². The van der Waals surface area contributed by atoms with Crippen molar-refractivity contribution in [3.05, 3.63) is 24.8 Å². The van der Waals surface area contributed by atoms with E-state index in [0.29, 0.717) is 0 Å². The molecule has 3 heteroatoms. The summed E-state index contributed by atoms with van der Waals surface area (Å²) in [6.45, 7) is 4.25. The number of carbonyl (C=O) groups is 1. The van der Waals surface area contributed by atoms with Crippen LogP contribution in [0.25, 0.3) is 0 Å². The van der Waals surface area contributed by atoms with Gasteiger partial charge in [0.25, 0.3) is 0 Å². The fourth-order valence-corrected chi connectivity index (χ4v) is 2.14. The second kappa shape index (κ2) is 4.53. The first kappa shape index (κ1) is 10.4. The minimum Gasteiger partial charge on any atom is -0.376 e. The Bertz CT molecular complexity index is 227. The lowest BCUT2D eigenvalue weighted by Gasteiger charge is -2.31. The van der Waals surface area contributed by atoms with E-state index >= 15 is 0 Å². The van der Waals surface area contributed by atoms with Gasteiger partial charge in [0.1, 0.15) is 0 Å². The summed E-state index contributed by atoms with van der Waals surface area (Å²) in [6, 6.07) is 0. The lowest BCUT2D eigenvalue weighted by molar-refractivity contribution is -0.110. The highest BCUT2D eigenvalue weighted by Gasteiger charge is 2.24. The van der Waals surface area contributed by atoms with Crippen molar-refractivity contribution in [2.75, 3.05) is 6.61 Å². The first-order valence-corrected chi connectivity index (χ1v) is 5.66. The minimum atomic E-state index is -0.100. The van der Waals surface area contributed by atoms with Gasteiger partial charge in [-0.25, -0.2) is 0 Å². The van der Waals surface area contributed by atoms with Crippen molar-refractivity contribution in [3.63, 3.8) is 0 Å². The van der Waals surface area contributed by atoms with Gasteiger partial charge in [0.2, 0.25) is 0 Å². The number of rotatable bonds is 3. The monoisotopic (exact) mass is 196 g/mol. The second-order valence-corrected chi connectivity index (χ2v) is 5.25. The molecule has 0 N–H and O–H groups in total. The number of allylic oxidation sites excluding steroid dienone is 2. The van der Waals surface area contributed by atoms with Gasteiger partial charge in [-0.1, -0.05) is 12.7 Å². The van der Waals surface area contributed by atoms with Crippen LogP contribution in [0.15, 0.2) is 24.8 Å². The molecule has 1 fully saturated rings. The van der Waals surface area contributed by atoms with Gasteiger partial charge in [0.15, 0.2) is 5.78 Å². The van der Waals surface area contributed by atoms with E-state index in [0.717, 1.165) is 29.7 Å². The van der Waals surface area contributed by atoms with E-state index in [2.05, 4.69) is 6.58 Å². The van der Waals surface area contributed by atoms with Crippen LogP contribution in [0.5, 0.6) is 0 Å². The molecule has 0 saturated carbocycles. The molecule has 0 bridgehead atoms. The first-order valence-electron chi connectivity index (χ1n) is 4.66. The largest absolute Gasteiger partial charge is 0.376 e. The van der Waals surface area contributed by atoms with Crippen LogP contribution in [-0.2, 0) is 9.53 Å². The molecular formula is C10H16O2Si. The van der Waals surface area contributed by atoms with Crippen LogP contribution in [0.4, 0.5) is 0 Å². The predicted molar refractivity (Wildman–Crippen MR) is 56.8 cm³/mol. The smallest absolute Gasteiger partial charge is 0.177 e. The molecule has 0 spiro atoms. The van der Waals surface area contributed by atoms with Crippen LogP contribution in [0.1, 0.15) is 19.3 Å². The highest BCUT2D eigenvalue weighted by atomic mass is 28.1. The van der Waals surface area contributed by atoms with Crippen molar-refractivity contribution in [2.45, 2.75) is 24.5 Å². The summed E-state index contributed by atoms with van der Waals surface area (Å²) in [5.41, 5.74) is 0. The Balaban J connectivity index is 2.54. The number of hydrogen-bond acceptors (Lipinski definition) is 2. The summed E-state index contributed by atoms with van der Waals surface area (Å²) in [6.07, 6.45) is 8.21. The minimum absolute atomic E-state index is 0.0376. The molecule has 72 valence electrons. The van der Waals surface area contributed by atoms with Gasteiger partial charge in [-0.05, 0) is 31.4 Å². The molecule has 0 aromatic carbocycles. The molecule has 1 saturated heterocycles. The van der Waals surface area contributed by atoms with E-state index in [1.54, 1.807) is 6.08 Å². The zero-order valence-corrected chi connectivity index (χ0v) is 10.1. The standard InChI is InChI=1S/C10H16O2Si/c1-2-9(11)5-7-10(13)6-3-4-8-12-10/h2,5,7H,1,3-4,6,8H2,13H3. The number of carbonyl (C=O) groups excluding carboxylic acids is 1. The maximum absolute atomic E-state index is 11.0. The van der Waals surface area contributed by atoms with E-state index in [4.69, 9.17) is 4.74 Å². The number of hydrogen-bond donors (Lipinski definition) is 0. The first-order chi connectivity index (χ1) is 6.16. The lowest BCUT2D eigenvalue weighted by atomic mass is 10.1. The molecule has 0 amide bonds. The van der Waals surface area contributed by atoms with Gasteiger partial charge in [-0.3, -0.25) is 4.79 Å². The Labute approximate surface area is 82.1 Å². The van der Waals surface area contributed by atoms with E-state index in [1.165, 1.54) is 12.5 Å². The molecule has 2 nitrogen and oxygen atoms in total. The summed E-state index contributed by atoms with van der Waals surface area (Å²) in [4.78, 5) is 11.0. The molecule has 1 unspecified atom stereocenters. The Morgan fingerprint density at radius 3 is 2.85 bits per heavy atom. The third-order valence-electron chi connectivity index (χ3n) is 2.30. The van der Waals surface area contributed by atoms with Gasteiger partial charge in [-0.15, -0.1) is 0 Å². The second-order valence-electron chi connectivity index (χ2n) is 3.56. The summed E-state index contributed by atoms with van der Waals surface area (Å²) in [5, 5.41) is -0.100. The van der Waals surface area contributed by atoms with Crippen LogP contribution in [0, 0.1) is 0 Å². The van der Waals surface area contributed by atoms with Gasteiger partial charge >= 0.3 is 0 Å². The Morgan fingerprint density at radius 2 is 2.31 bits per heavy atom. The summed E-state index contributed by atoms with van der Waals surface area (Å²) < 4.78 is 5.65. The molecule has 1 rings (SSSR count). The van der Waals surface area contributed by atoms with Crippen molar-refractivity contribution in [1.29, 1.82) is 0 Å². The fraction of sp³-hybridized carbons (Fsp3) is 0.500. The van der Waals surface area contributed by atoms with Crippen LogP contribution < -0.4 is 0 Å². The highest BCUT2D eigenvalue weighted by Crippen LogP contribution is 2.22.